The molecule has 3 nitrogen and oxygen atoms in total. The third-order valence-electron chi connectivity index (χ3n) is 3.46. The highest BCUT2D eigenvalue weighted by Gasteiger charge is 2.16. The van der Waals surface area contributed by atoms with Crippen molar-refractivity contribution >= 4 is 10.9 Å². The minimum atomic E-state index is -0.325. The fourth-order valence-corrected chi connectivity index (χ4v) is 2.58. The molecule has 0 fully saturated rings. The molecular weight excluding hydrogens is 265 g/mol. The molecule has 1 unspecified atom stereocenters. The van der Waals surface area contributed by atoms with Crippen molar-refractivity contribution in [2.75, 3.05) is 6.54 Å². The van der Waals surface area contributed by atoms with Gasteiger partial charge in [-0.2, -0.15) is 0 Å². The molecule has 3 aromatic rings. The number of rotatable bonds is 4. The van der Waals surface area contributed by atoms with Gasteiger partial charge in [0.15, 0.2) is 0 Å². The summed E-state index contributed by atoms with van der Waals surface area (Å²) in [7, 11) is 0. The molecule has 0 radical (unpaired) electrons. The fraction of sp³-hybridized carbons (Fsp3) is 0.176. The summed E-state index contributed by atoms with van der Waals surface area (Å²) in [4.78, 5) is 8.34. The lowest BCUT2D eigenvalue weighted by Gasteiger charge is -2.20. The molecule has 0 spiro atoms. The Morgan fingerprint density at radius 1 is 1.19 bits per heavy atom. The van der Waals surface area contributed by atoms with E-state index in [0.717, 1.165) is 28.6 Å². The van der Waals surface area contributed by atoms with E-state index in [2.05, 4.69) is 15.3 Å². The molecule has 0 saturated carbocycles. The van der Waals surface area contributed by atoms with E-state index in [9.17, 15) is 4.39 Å². The zero-order valence-corrected chi connectivity index (χ0v) is 11.8. The van der Waals surface area contributed by atoms with Crippen molar-refractivity contribution < 1.29 is 4.39 Å². The summed E-state index contributed by atoms with van der Waals surface area (Å²) < 4.78 is 13.5. The SMILES string of the molecule is CCNC(c1cncc(F)c1)c1cccc2ncccc12. The van der Waals surface area contributed by atoms with E-state index >= 15 is 0 Å². The van der Waals surface area contributed by atoms with Crippen LogP contribution in [0, 0.1) is 5.82 Å². The predicted molar refractivity (Wildman–Crippen MR) is 81.5 cm³/mol. The number of halogens is 1. The van der Waals surface area contributed by atoms with Crippen LogP contribution in [0.15, 0.2) is 55.0 Å². The van der Waals surface area contributed by atoms with Gasteiger partial charge >= 0.3 is 0 Å². The van der Waals surface area contributed by atoms with Gasteiger partial charge in [-0.15, -0.1) is 0 Å². The molecule has 3 rings (SSSR count). The Bertz CT molecular complexity index is 752. The summed E-state index contributed by atoms with van der Waals surface area (Å²) in [5, 5.41) is 4.47. The summed E-state index contributed by atoms with van der Waals surface area (Å²) in [5.74, 6) is -0.325. The van der Waals surface area contributed by atoms with Crippen molar-refractivity contribution in [3.8, 4) is 0 Å². The van der Waals surface area contributed by atoms with Gasteiger partial charge in [0.1, 0.15) is 5.82 Å². The lowest BCUT2D eigenvalue weighted by Crippen LogP contribution is -2.22. The van der Waals surface area contributed by atoms with Crippen molar-refractivity contribution in [1.82, 2.24) is 15.3 Å². The molecule has 0 aliphatic carbocycles. The van der Waals surface area contributed by atoms with E-state index < -0.39 is 0 Å². The maximum Gasteiger partial charge on any atom is 0.141 e. The molecule has 2 heterocycles. The second-order valence-corrected chi connectivity index (χ2v) is 4.84. The maximum absolute atomic E-state index is 13.5. The van der Waals surface area contributed by atoms with Gasteiger partial charge in [0.05, 0.1) is 17.8 Å². The van der Waals surface area contributed by atoms with E-state index in [0.29, 0.717) is 0 Å². The van der Waals surface area contributed by atoms with Crippen LogP contribution in [0.4, 0.5) is 4.39 Å². The average Bonchev–Trinajstić information content (AvgIpc) is 2.52. The first-order valence-electron chi connectivity index (χ1n) is 6.97. The molecule has 0 saturated heterocycles. The highest BCUT2D eigenvalue weighted by atomic mass is 19.1. The number of benzene rings is 1. The summed E-state index contributed by atoms with van der Waals surface area (Å²) >= 11 is 0. The first-order valence-corrected chi connectivity index (χ1v) is 6.97. The molecule has 0 amide bonds. The molecule has 4 heteroatoms. The molecule has 21 heavy (non-hydrogen) atoms. The van der Waals surface area contributed by atoms with Gasteiger partial charge in [-0.1, -0.05) is 25.1 Å². The van der Waals surface area contributed by atoms with Crippen molar-refractivity contribution in [3.63, 3.8) is 0 Å². The third-order valence-corrected chi connectivity index (χ3v) is 3.46. The molecule has 0 aliphatic heterocycles. The van der Waals surface area contributed by atoms with Gasteiger partial charge < -0.3 is 5.32 Å². The van der Waals surface area contributed by atoms with Crippen molar-refractivity contribution in [1.29, 1.82) is 0 Å². The maximum atomic E-state index is 13.5. The highest BCUT2D eigenvalue weighted by molar-refractivity contribution is 5.82. The number of hydrogen-bond acceptors (Lipinski definition) is 3. The quantitative estimate of drug-likeness (QED) is 0.795. The Balaban J connectivity index is 2.16. The minimum absolute atomic E-state index is 0.105. The molecule has 1 atom stereocenters. The molecule has 106 valence electrons. The van der Waals surface area contributed by atoms with E-state index in [1.807, 2.05) is 37.3 Å². The minimum Gasteiger partial charge on any atom is -0.306 e. The van der Waals surface area contributed by atoms with E-state index in [1.165, 1.54) is 12.3 Å². The molecular formula is C17H16FN3. The Morgan fingerprint density at radius 2 is 2.10 bits per heavy atom. The molecule has 0 bridgehead atoms. The first-order chi connectivity index (χ1) is 10.3. The zero-order valence-electron chi connectivity index (χ0n) is 11.8. The number of nitrogens with zero attached hydrogens (tertiary/aromatic N) is 2. The van der Waals surface area contributed by atoms with Crippen LogP contribution in [-0.4, -0.2) is 16.5 Å². The summed E-state index contributed by atoms with van der Waals surface area (Å²) in [6.45, 7) is 2.81. The van der Waals surface area contributed by atoms with Crippen LogP contribution in [0.2, 0.25) is 0 Å². The topological polar surface area (TPSA) is 37.8 Å². The normalized spacial score (nSPS) is 12.5. The molecule has 2 aromatic heterocycles. The zero-order chi connectivity index (χ0) is 14.7. The Morgan fingerprint density at radius 3 is 2.90 bits per heavy atom. The molecule has 1 aromatic carbocycles. The van der Waals surface area contributed by atoms with Crippen LogP contribution in [0.3, 0.4) is 0 Å². The van der Waals surface area contributed by atoms with Gasteiger partial charge in [0.2, 0.25) is 0 Å². The van der Waals surface area contributed by atoms with Gasteiger partial charge in [-0.05, 0) is 35.9 Å². The smallest absolute Gasteiger partial charge is 0.141 e. The standard InChI is InChI=1S/C17H16FN3/c1-2-20-17(12-9-13(18)11-19-10-12)15-5-3-7-16-14(15)6-4-8-21-16/h3-11,17,20H,2H2,1H3. The summed E-state index contributed by atoms with van der Waals surface area (Å²) in [5.41, 5.74) is 2.82. The third kappa shape index (κ3) is 2.76. The van der Waals surface area contributed by atoms with Gasteiger partial charge in [-0.3, -0.25) is 9.97 Å². The van der Waals surface area contributed by atoms with Crippen LogP contribution in [0.5, 0.6) is 0 Å². The second kappa shape index (κ2) is 5.97. The van der Waals surface area contributed by atoms with Crippen molar-refractivity contribution in [2.24, 2.45) is 0 Å². The monoisotopic (exact) mass is 281 g/mol. The number of nitrogens with one attached hydrogen (secondary N) is 1. The summed E-state index contributed by atoms with van der Waals surface area (Å²) in [6.07, 6.45) is 4.70. The van der Waals surface area contributed by atoms with Crippen molar-refractivity contribution in [3.05, 3.63) is 71.9 Å². The van der Waals surface area contributed by atoms with Gasteiger partial charge in [-0.25, -0.2) is 4.39 Å². The van der Waals surface area contributed by atoms with E-state index in [-0.39, 0.29) is 11.9 Å². The van der Waals surface area contributed by atoms with Crippen LogP contribution in [0.1, 0.15) is 24.1 Å². The van der Waals surface area contributed by atoms with E-state index in [4.69, 9.17) is 0 Å². The van der Waals surface area contributed by atoms with Crippen LogP contribution >= 0.6 is 0 Å². The largest absolute Gasteiger partial charge is 0.306 e. The van der Waals surface area contributed by atoms with Crippen LogP contribution in [-0.2, 0) is 0 Å². The second-order valence-electron chi connectivity index (χ2n) is 4.84. The Hall–Kier alpha value is -2.33. The van der Waals surface area contributed by atoms with Crippen LogP contribution < -0.4 is 5.32 Å². The fourth-order valence-electron chi connectivity index (χ4n) is 2.58. The lowest BCUT2D eigenvalue weighted by molar-refractivity contribution is 0.597. The van der Waals surface area contributed by atoms with Gasteiger partial charge in [0, 0.05) is 17.8 Å². The average molecular weight is 281 g/mol. The number of fused-ring (bicyclic) bond motifs is 1. The predicted octanol–water partition coefficient (Wildman–Crippen LogP) is 3.47. The van der Waals surface area contributed by atoms with Crippen molar-refractivity contribution in [2.45, 2.75) is 13.0 Å². The van der Waals surface area contributed by atoms with Crippen LogP contribution in [0.25, 0.3) is 10.9 Å². The highest BCUT2D eigenvalue weighted by Crippen LogP contribution is 2.28. The lowest BCUT2D eigenvalue weighted by atomic mass is 9.96. The number of pyridine rings is 2. The van der Waals surface area contributed by atoms with Gasteiger partial charge in [0.25, 0.3) is 0 Å². The first kappa shape index (κ1) is 13.6. The summed E-state index contributed by atoms with van der Waals surface area (Å²) in [6, 6.07) is 11.4. The Kier molecular flexibility index (Phi) is 3.88. The number of hydrogen-bond donors (Lipinski definition) is 1. The van der Waals surface area contributed by atoms with E-state index in [1.54, 1.807) is 12.4 Å². The number of aromatic nitrogens is 2. The molecule has 1 N–H and O–H groups in total. The molecule has 0 aliphatic rings. The Labute approximate surface area is 122 Å².